The summed E-state index contributed by atoms with van der Waals surface area (Å²) in [6, 6.07) is 48.1. The molecule has 0 saturated carbocycles. The maximum atomic E-state index is 5.01. The van der Waals surface area contributed by atoms with Crippen LogP contribution in [0.25, 0.3) is 22.5 Å². The van der Waals surface area contributed by atoms with Crippen molar-refractivity contribution < 1.29 is 21.1 Å². The van der Waals surface area contributed by atoms with Crippen LogP contribution in [0.3, 0.4) is 0 Å². The van der Waals surface area contributed by atoms with Gasteiger partial charge < -0.3 is 4.98 Å². The van der Waals surface area contributed by atoms with E-state index in [1.54, 1.807) is 0 Å². The molecule has 5 aromatic rings. The van der Waals surface area contributed by atoms with Crippen molar-refractivity contribution in [2.45, 2.75) is 32.6 Å². The SMILES string of the molecule is CC(C)(C)c1cc[c-]c(-c2cccc(-c3[c-]c(CC[PH+](c4ccccc4)c4ccccc4)ccc3)n2)c1.[Pt+2]. The maximum Gasteiger partial charge on any atom is 2.00 e. The number of benzene rings is 4. The molecule has 0 N–H and O–H groups in total. The molecule has 0 saturated heterocycles. The van der Waals surface area contributed by atoms with Gasteiger partial charge in [0.25, 0.3) is 0 Å². The summed E-state index contributed by atoms with van der Waals surface area (Å²) in [5.41, 5.74) is 6.58. The van der Waals surface area contributed by atoms with E-state index in [0.29, 0.717) is 0 Å². The van der Waals surface area contributed by atoms with Gasteiger partial charge >= 0.3 is 21.1 Å². The molecule has 192 valence electrons. The number of nitrogens with zero attached hydrogens (tertiary/aromatic N) is 1. The van der Waals surface area contributed by atoms with E-state index in [1.807, 2.05) is 6.07 Å². The summed E-state index contributed by atoms with van der Waals surface area (Å²) in [6.07, 6.45) is 2.12. The summed E-state index contributed by atoms with van der Waals surface area (Å²) in [4.78, 5) is 5.01. The van der Waals surface area contributed by atoms with Gasteiger partial charge in [0.05, 0.1) is 24.7 Å². The molecule has 3 heteroatoms. The molecule has 1 aromatic heterocycles. The molecule has 0 atom stereocenters. The van der Waals surface area contributed by atoms with Gasteiger partial charge in [-0.3, -0.25) is 0 Å². The van der Waals surface area contributed by atoms with E-state index in [-0.39, 0.29) is 26.5 Å². The fraction of sp³-hybridized carbons (Fsp3) is 0.171. The van der Waals surface area contributed by atoms with Gasteiger partial charge in [-0.05, 0) is 47.5 Å². The first-order valence-corrected chi connectivity index (χ1v) is 14.7. The van der Waals surface area contributed by atoms with Crippen LogP contribution in [-0.2, 0) is 32.9 Å². The van der Waals surface area contributed by atoms with Crippen LogP contribution in [0.15, 0.2) is 115 Å². The molecule has 0 fully saturated rings. The average Bonchev–Trinajstić information content (AvgIpc) is 2.94. The second kappa shape index (κ2) is 12.8. The smallest absolute Gasteiger partial charge is 0.345 e. The molecular weight excluding hydrogens is 660 g/mol. The zero-order chi connectivity index (χ0) is 25.7. The molecule has 0 aliphatic heterocycles. The van der Waals surface area contributed by atoms with Gasteiger partial charge in [-0.1, -0.05) is 75.4 Å². The van der Waals surface area contributed by atoms with Gasteiger partial charge in [-0.15, -0.1) is 70.8 Å². The van der Waals surface area contributed by atoms with E-state index in [9.17, 15) is 0 Å². The molecule has 0 aliphatic carbocycles. The molecule has 0 unspecified atom stereocenters. The third-order valence-electron chi connectivity index (χ3n) is 6.71. The summed E-state index contributed by atoms with van der Waals surface area (Å²) in [5, 5.41) is 2.91. The second-order valence-corrected chi connectivity index (χ2v) is 13.1. The van der Waals surface area contributed by atoms with E-state index in [2.05, 4.69) is 142 Å². The predicted octanol–water partition coefficient (Wildman–Crippen LogP) is 7.72. The Morgan fingerprint density at radius 1 is 0.684 bits per heavy atom. The van der Waals surface area contributed by atoms with Crippen molar-refractivity contribution in [1.82, 2.24) is 4.98 Å². The van der Waals surface area contributed by atoms with Crippen LogP contribution in [0.1, 0.15) is 31.9 Å². The second-order valence-electron chi connectivity index (χ2n) is 10.4. The molecule has 0 radical (unpaired) electrons. The third-order valence-corrected chi connectivity index (χ3v) is 9.52. The Balaban J connectivity index is 0.00000336. The van der Waals surface area contributed by atoms with E-state index < -0.39 is 7.92 Å². The van der Waals surface area contributed by atoms with Crippen LogP contribution in [0.2, 0.25) is 0 Å². The first kappa shape index (κ1) is 28.2. The summed E-state index contributed by atoms with van der Waals surface area (Å²) in [7, 11) is -0.872. The van der Waals surface area contributed by atoms with Gasteiger partial charge in [0, 0.05) is 0 Å². The number of pyridine rings is 1. The topological polar surface area (TPSA) is 12.9 Å². The quantitative estimate of drug-likeness (QED) is 0.126. The Morgan fingerprint density at radius 2 is 1.29 bits per heavy atom. The van der Waals surface area contributed by atoms with Crippen molar-refractivity contribution >= 4 is 18.5 Å². The van der Waals surface area contributed by atoms with Crippen LogP contribution in [0.4, 0.5) is 0 Å². The molecule has 5 rings (SSSR count). The van der Waals surface area contributed by atoms with E-state index >= 15 is 0 Å². The standard InChI is InChI=1S/C35H32NP.Pt/c1-35(2,3)30-16-11-15-29(26-30)34-22-12-21-33(36-34)28-14-10-13-27(25-28)23-24-37(31-17-6-4-7-18-31)32-19-8-5-9-20-32;/h4-14,16-22,26H,23-24H2,1-3H3;/q-2;+2/p+1. The Kier molecular flexibility index (Phi) is 9.48. The largest absolute Gasteiger partial charge is 2.00 e. The molecule has 1 heterocycles. The van der Waals surface area contributed by atoms with Crippen molar-refractivity contribution in [3.05, 3.63) is 139 Å². The number of hydrogen-bond donors (Lipinski definition) is 0. The van der Waals surface area contributed by atoms with Crippen LogP contribution in [0.5, 0.6) is 0 Å². The summed E-state index contributed by atoms with van der Waals surface area (Å²) >= 11 is 0. The van der Waals surface area contributed by atoms with Crippen molar-refractivity contribution in [2.24, 2.45) is 0 Å². The summed E-state index contributed by atoms with van der Waals surface area (Å²) in [6.45, 7) is 6.70. The predicted molar refractivity (Wildman–Crippen MR) is 161 cm³/mol. The molecule has 0 amide bonds. The third kappa shape index (κ3) is 6.96. The van der Waals surface area contributed by atoms with Crippen LogP contribution < -0.4 is 10.6 Å². The van der Waals surface area contributed by atoms with Crippen molar-refractivity contribution in [3.63, 3.8) is 0 Å². The Bertz CT molecular complexity index is 1420. The Hall–Kier alpha value is -2.85. The van der Waals surface area contributed by atoms with Crippen LogP contribution in [0, 0.1) is 12.1 Å². The Labute approximate surface area is 243 Å². The normalized spacial score (nSPS) is 11.3. The van der Waals surface area contributed by atoms with Gasteiger partial charge in [-0.2, -0.15) is 0 Å². The number of hydrogen-bond acceptors (Lipinski definition) is 1. The fourth-order valence-electron chi connectivity index (χ4n) is 4.62. The minimum atomic E-state index is -0.872. The molecule has 0 spiro atoms. The minimum absolute atomic E-state index is 0. The number of aryl methyl sites for hydroxylation is 1. The summed E-state index contributed by atoms with van der Waals surface area (Å²) < 4.78 is 0. The van der Waals surface area contributed by atoms with E-state index in [1.165, 1.54) is 21.7 Å². The maximum absolute atomic E-state index is 5.01. The van der Waals surface area contributed by atoms with Crippen molar-refractivity contribution in [3.8, 4) is 22.5 Å². The van der Waals surface area contributed by atoms with Crippen molar-refractivity contribution in [2.75, 3.05) is 6.16 Å². The first-order chi connectivity index (χ1) is 18.0. The molecule has 38 heavy (non-hydrogen) atoms. The van der Waals surface area contributed by atoms with Gasteiger partial charge in [0.1, 0.15) is 0 Å². The van der Waals surface area contributed by atoms with Gasteiger partial charge in [0.15, 0.2) is 0 Å². The van der Waals surface area contributed by atoms with E-state index in [0.717, 1.165) is 35.1 Å². The average molecular weight is 694 g/mol. The van der Waals surface area contributed by atoms with Crippen LogP contribution in [-0.4, -0.2) is 11.1 Å². The van der Waals surface area contributed by atoms with Crippen LogP contribution >= 0.6 is 7.92 Å². The fourth-order valence-corrected chi connectivity index (χ4v) is 7.24. The van der Waals surface area contributed by atoms with Gasteiger partial charge in [0.2, 0.25) is 0 Å². The van der Waals surface area contributed by atoms with E-state index in [4.69, 9.17) is 4.98 Å². The zero-order valence-corrected chi connectivity index (χ0v) is 25.4. The first-order valence-electron chi connectivity index (χ1n) is 13.0. The van der Waals surface area contributed by atoms with Gasteiger partial charge in [-0.25, -0.2) is 0 Å². The monoisotopic (exact) mass is 693 g/mol. The summed E-state index contributed by atoms with van der Waals surface area (Å²) in [5.74, 6) is 0. The number of rotatable bonds is 7. The molecular formula is C35H33NPPt+. The molecule has 0 aliphatic rings. The molecule has 1 nitrogen and oxygen atoms in total. The molecule has 0 bridgehead atoms. The minimum Gasteiger partial charge on any atom is -0.345 e. The Morgan fingerprint density at radius 3 is 1.92 bits per heavy atom. The zero-order valence-electron chi connectivity index (χ0n) is 22.1. The molecule has 4 aromatic carbocycles. The number of aromatic nitrogens is 1. The van der Waals surface area contributed by atoms with Crippen molar-refractivity contribution in [1.29, 1.82) is 0 Å².